The second kappa shape index (κ2) is 10.1. The molecule has 0 saturated carbocycles. The van der Waals surface area contributed by atoms with Gasteiger partial charge in [-0.15, -0.1) is 0 Å². The molecule has 3 aromatic heterocycles. The molecule has 0 bridgehead atoms. The first-order valence-corrected chi connectivity index (χ1v) is 14.4. The number of benzene rings is 5. The fourth-order valence-electron chi connectivity index (χ4n) is 6.16. The molecule has 3 heterocycles. The smallest absolute Gasteiger partial charge is 0.138 e. The van der Waals surface area contributed by atoms with E-state index in [0.29, 0.717) is 5.56 Å². The molecule has 0 aliphatic rings. The van der Waals surface area contributed by atoms with Gasteiger partial charge in [0.05, 0.1) is 28.4 Å². The van der Waals surface area contributed by atoms with Crippen LogP contribution in [0.2, 0.25) is 0 Å². The first-order valence-electron chi connectivity index (χ1n) is 14.4. The molecule has 0 radical (unpaired) electrons. The zero-order valence-electron chi connectivity index (χ0n) is 23.3. The number of nitrogens with zero attached hydrogens (tertiary/aromatic N) is 3. The summed E-state index contributed by atoms with van der Waals surface area (Å²) in [7, 11) is 0. The van der Waals surface area contributed by atoms with Crippen LogP contribution in [0.4, 0.5) is 0 Å². The molecule has 0 N–H and O–H groups in total. The van der Waals surface area contributed by atoms with Crippen molar-refractivity contribution in [2.45, 2.75) is 0 Å². The molecule has 200 valence electrons. The molecule has 0 fully saturated rings. The molecule has 0 atom stereocenters. The number of rotatable bonds is 5. The first kappa shape index (κ1) is 24.8. The molecule has 0 spiro atoms. The average Bonchev–Trinajstić information content (AvgIpc) is 3.65. The Morgan fingerprint density at radius 2 is 0.930 bits per heavy atom. The second-order valence-corrected chi connectivity index (χ2v) is 10.7. The van der Waals surface area contributed by atoms with E-state index in [2.05, 4.69) is 126 Å². The van der Waals surface area contributed by atoms with Crippen molar-refractivity contribution in [1.29, 1.82) is 5.26 Å². The van der Waals surface area contributed by atoms with Crippen LogP contribution in [0.5, 0.6) is 0 Å². The highest BCUT2D eigenvalue weighted by molar-refractivity contribution is 6.09. The van der Waals surface area contributed by atoms with E-state index >= 15 is 0 Å². The zero-order chi connectivity index (χ0) is 28.8. The van der Waals surface area contributed by atoms with E-state index in [9.17, 15) is 5.26 Å². The van der Waals surface area contributed by atoms with Crippen LogP contribution >= 0.6 is 0 Å². The average molecular weight is 548 g/mol. The van der Waals surface area contributed by atoms with Gasteiger partial charge >= 0.3 is 0 Å². The summed E-state index contributed by atoms with van der Waals surface area (Å²) in [5, 5.41) is 9.39. The highest BCUT2D eigenvalue weighted by Gasteiger charge is 2.25. The normalized spacial score (nSPS) is 11.2. The van der Waals surface area contributed by atoms with Crippen LogP contribution in [0.1, 0.15) is 5.56 Å². The Morgan fingerprint density at radius 3 is 1.49 bits per heavy atom. The van der Waals surface area contributed by atoms with Gasteiger partial charge in [0, 0.05) is 16.7 Å². The van der Waals surface area contributed by atoms with Crippen LogP contribution < -0.4 is 0 Å². The summed E-state index contributed by atoms with van der Waals surface area (Å²) in [5.74, 6) is 0. The largest absolute Gasteiger partial charge is 0.291 e. The van der Waals surface area contributed by atoms with Crippen molar-refractivity contribution in [3.63, 3.8) is 0 Å². The van der Waals surface area contributed by atoms with Crippen molar-refractivity contribution in [2.24, 2.45) is 0 Å². The molecule has 0 saturated heterocycles. The van der Waals surface area contributed by atoms with Gasteiger partial charge in [0.15, 0.2) is 0 Å². The highest BCUT2D eigenvalue weighted by Crippen LogP contribution is 2.46. The van der Waals surface area contributed by atoms with Crippen LogP contribution in [-0.4, -0.2) is 9.38 Å². The van der Waals surface area contributed by atoms with Crippen molar-refractivity contribution in [3.8, 4) is 61.8 Å². The van der Waals surface area contributed by atoms with E-state index in [1.54, 1.807) is 0 Å². The Kier molecular flexibility index (Phi) is 5.84. The molecule has 0 aliphatic carbocycles. The quantitative estimate of drug-likeness (QED) is 0.215. The summed E-state index contributed by atoms with van der Waals surface area (Å²) in [6.45, 7) is 0. The van der Waals surface area contributed by atoms with Gasteiger partial charge in [-0.05, 0) is 57.6 Å². The fraction of sp³-hybridized carbons (Fsp3) is 0. The summed E-state index contributed by atoms with van der Waals surface area (Å²) in [5.41, 5.74) is 15.0. The summed E-state index contributed by atoms with van der Waals surface area (Å²) in [6.07, 6.45) is 0. The van der Waals surface area contributed by atoms with Crippen molar-refractivity contribution in [3.05, 3.63) is 157 Å². The molecular formula is C40H25N3. The lowest BCUT2D eigenvalue weighted by molar-refractivity contribution is 1.30. The van der Waals surface area contributed by atoms with Crippen LogP contribution in [0.25, 0.3) is 72.4 Å². The van der Waals surface area contributed by atoms with Gasteiger partial charge in [0.25, 0.3) is 0 Å². The minimum atomic E-state index is 0.635. The van der Waals surface area contributed by atoms with Crippen LogP contribution in [0.15, 0.2) is 152 Å². The standard InChI is InChI=1S/C40H25N3/c41-26-27-14-16-34(17-15-27)39-40-38(33-24-20-31(21-25-33)29-10-5-2-6-11-29)37(35-12-7-13-36(42-39)43(35)40)32-22-18-30(19-23-32)28-8-3-1-4-9-28/h1-25H. The number of hydrogen-bond acceptors (Lipinski definition) is 2. The van der Waals surface area contributed by atoms with Crippen LogP contribution in [0.3, 0.4) is 0 Å². The molecule has 8 aromatic rings. The molecular weight excluding hydrogens is 522 g/mol. The maximum Gasteiger partial charge on any atom is 0.138 e. The number of imidazole rings is 1. The van der Waals surface area contributed by atoms with Crippen molar-refractivity contribution < 1.29 is 0 Å². The molecule has 43 heavy (non-hydrogen) atoms. The van der Waals surface area contributed by atoms with Gasteiger partial charge in [-0.25, -0.2) is 4.98 Å². The van der Waals surface area contributed by atoms with E-state index < -0.39 is 0 Å². The van der Waals surface area contributed by atoms with Gasteiger partial charge in [-0.3, -0.25) is 4.40 Å². The molecule has 8 rings (SSSR count). The Balaban J connectivity index is 1.38. The molecule has 0 unspecified atom stereocenters. The van der Waals surface area contributed by atoms with E-state index in [-0.39, 0.29) is 0 Å². The third-order valence-electron chi connectivity index (χ3n) is 8.24. The molecule has 0 aliphatic heterocycles. The van der Waals surface area contributed by atoms with E-state index in [1.807, 2.05) is 36.4 Å². The third-order valence-corrected chi connectivity index (χ3v) is 8.24. The lowest BCUT2D eigenvalue weighted by atomic mass is 9.92. The van der Waals surface area contributed by atoms with Gasteiger partial charge < -0.3 is 0 Å². The van der Waals surface area contributed by atoms with Crippen molar-refractivity contribution >= 4 is 16.7 Å². The summed E-state index contributed by atoms with van der Waals surface area (Å²) in [4.78, 5) is 5.12. The van der Waals surface area contributed by atoms with Crippen LogP contribution in [0, 0.1) is 11.3 Å². The predicted molar refractivity (Wildman–Crippen MR) is 176 cm³/mol. The third kappa shape index (κ3) is 4.17. The topological polar surface area (TPSA) is 41.1 Å². The molecule has 0 amide bonds. The second-order valence-electron chi connectivity index (χ2n) is 10.7. The van der Waals surface area contributed by atoms with E-state index in [4.69, 9.17) is 4.98 Å². The highest BCUT2D eigenvalue weighted by atomic mass is 15.0. The lowest BCUT2D eigenvalue weighted by Crippen LogP contribution is -1.87. The number of nitriles is 1. The Bertz CT molecular complexity index is 2240. The van der Waals surface area contributed by atoms with Gasteiger partial charge in [-0.1, -0.05) is 127 Å². The SMILES string of the molecule is N#Cc1ccc(-c2nc3cccc4c(-c5ccc(-c6ccccc6)cc5)c(-c5ccc(-c6ccccc6)cc5)c2n34)cc1. The minimum absolute atomic E-state index is 0.635. The molecule has 3 heteroatoms. The Hall–Kier alpha value is -5.98. The van der Waals surface area contributed by atoms with Crippen LogP contribution in [-0.2, 0) is 0 Å². The molecule has 3 nitrogen and oxygen atoms in total. The number of pyridine rings is 1. The summed E-state index contributed by atoms with van der Waals surface area (Å²) in [6, 6.07) is 55.0. The maximum atomic E-state index is 9.39. The fourth-order valence-corrected chi connectivity index (χ4v) is 6.16. The summed E-state index contributed by atoms with van der Waals surface area (Å²) < 4.78 is 2.29. The predicted octanol–water partition coefficient (Wildman–Crippen LogP) is 10.1. The first-order chi connectivity index (χ1) is 21.3. The summed E-state index contributed by atoms with van der Waals surface area (Å²) >= 11 is 0. The van der Waals surface area contributed by atoms with Crippen molar-refractivity contribution in [2.75, 3.05) is 0 Å². The van der Waals surface area contributed by atoms with Gasteiger partial charge in [0.1, 0.15) is 5.65 Å². The maximum absolute atomic E-state index is 9.39. The minimum Gasteiger partial charge on any atom is -0.291 e. The Morgan fingerprint density at radius 1 is 0.442 bits per heavy atom. The van der Waals surface area contributed by atoms with E-state index in [0.717, 1.165) is 44.6 Å². The zero-order valence-corrected chi connectivity index (χ0v) is 23.3. The van der Waals surface area contributed by atoms with Gasteiger partial charge in [0.2, 0.25) is 0 Å². The Labute approximate surface area is 249 Å². The number of aromatic nitrogens is 2. The van der Waals surface area contributed by atoms with Gasteiger partial charge in [-0.2, -0.15) is 5.26 Å². The van der Waals surface area contributed by atoms with E-state index in [1.165, 1.54) is 27.8 Å². The molecule has 5 aromatic carbocycles. The monoisotopic (exact) mass is 547 g/mol. The number of hydrogen-bond donors (Lipinski definition) is 0. The lowest BCUT2D eigenvalue weighted by Gasteiger charge is -2.10. The van der Waals surface area contributed by atoms with Crippen molar-refractivity contribution in [1.82, 2.24) is 9.38 Å².